The molecule has 3 N–H and O–H groups in total. The number of fused-ring (bicyclic) bond motifs is 6. The lowest BCUT2D eigenvalue weighted by atomic mass is 9.49. The first-order chi connectivity index (χ1) is 17.1. The smallest absolute Gasteiger partial charge is 0.166 e. The normalized spacial score (nSPS) is 32.5. The van der Waals surface area contributed by atoms with E-state index in [-0.39, 0.29) is 17.9 Å². The van der Waals surface area contributed by atoms with Crippen LogP contribution in [0.5, 0.6) is 11.5 Å². The van der Waals surface area contributed by atoms with Gasteiger partial charge in [-0.15, -0.1) is 0 Å². The maximum Gasteiger partial charge on any atom is 0.166 e. The average Bonchev–Trinajstić information content (AvgIpc) is 3.49. The van der Waals surface area contributed by atoms with E-state index in [9.17, 15) is 10.2 Å². The first-order valence-electron chi connectivity index (χ1n) is 13.1. The Kier molecular flexibility index (Phi) is 3.31. The van der Waals surface area contributed by atoms with E-state index in [1.54, 1.807) is 6.07 Å². The molecule has 0 unspecified atom stereocenters. The number of hydrogen-bond donors (Lipinski definition) is 3. The lowest BCUT2D eigenvalue weighted by Crippen LogP contribution is -2.74. The minimum absolute atomic E-state index is 0.0597. The number of rotatable bonds is 2. The summed E-state index contributed by atoms with van der Waals surface area (Å²) in [5.74, 6) is 1.56. The Morgan fingerprint density at radius 1 is 1.06 bits per heavy atom. The van der Waals surface area contributed by atoms with E-state index in [0.29, 0.717) is 12.2 Å². The van der Waals surface area contributed by atoms with Crippen molar-refractivity contribution in [3.63, 3.8) is 0 Å². The number of aliphatic hydroxyl groups is 1. The van der Waals surface area contributed by atoms with Crippen LogP contribution in [-0.2, 0) is 18.3 Å². The van der Waals surface area contributed by atoms with E-state index in [1.807, 2.05) is 0 Å². The van der Waals surface area contributed by atoms with Crippen LogP contribution in [0.4, 0.5) is 0 Å². The number of phenolic OH excluding ortho intramolecular Hbond substituents is 1. The third kappa shape index (κ3) is 2.11. The molecular formula is C30H28N2O3. The zero-order valence-electron chi connectivity index (χ0n) is 19.6. The van der Waals surface area contributed by atoms with Crippen molar-refractivity contribution in [3.8, 4) is 11.5 Å². The van der Waals surface area contributed by atoms with E-state index >= 15 is 0 Å². The summed E-state index contributed by atoms with van der Waals surface area (Å²) in [5, 5.41) is 27.4. The summed E-state index contributed by atoms with van der Waals surface area (Å²) in [6.45, 7) is 2.05. The molecular weight excluding hydrogens is 436 g/mol. The molecule has 3 heterocycles. The molecule has 3 aliphatic carbocycles. The van der Waals surface area contributed by atoms with Gasteiger partial charge in [0.05, 0.1) is 22.2 Å². The predicted octanol–water partition coefficient (Wildman–Crippen LogP) is 4.73. The average molecular weight is 465 g/mol. The summed E-state index contributed by atoms with van der Waals surface area (Å²) >= 11 is 0. The molecule has 0 amide bonds. The Balaban J connectivity index is 1.34. The van der Waals surface area contributed by atoms with Crippen molar-refractivity contribution in [2.75, 3.05) is 13.1 Å². The third-order valence-electron chi connectivity index (χ3n) is 10.1. The molecule has 9 rings (SSSR count). The Hall–Kier alpha value is -3.02. The highest BCUT2D eigenvalue weighted by molar-refractivity contribution is 6.07. The van der Waals surface area contributed by atoms with Crippen LogP contribution in [0.15, 0.2) is 48.5 Å². The van der Waals surface area contributed by atoms with E-state index in [4.69, 9.17) is 4.74 Å². The Morgan fingerprint density at radius 2 is 1.94 bits per heavy atom. The van der Waals surface area contributed by atoms with Crippen LogP contribution in [0.3, 0.4) is 0 Å². The topological polar surface area (TPSA) is 68.7 Å². The monoisotopic (exact) mass is 464 g/mol. The summed E-state index contributed by atoms with van der Waals surface area (Å²) in [6, 6.07) is 16.8. The molecule has 3 aromatic carbocycles. The molecule has 2 bridgehead atoms. The number of likely N-dealkylation sites (tertiary alicyclic amines) is 1. The molecule has 5 nitrogen and oxygen atoms in total. The maximum absolute atomic E-state index is 12.9. The number of ether oxygens (including phenoxy) is 1. The molecule has 5 aliphatic rings. The highest BCUT2D eigenvalue weighted by Crippen LogP contribution is 2.69. The molecule has 1 spiro atoms. The minimum atomic E-state index is -0.940. The molecule has 176 valence electrons. The molecule has 1 aromatic heterocycles. The molecule has 4 aromatic rings. The zero-order chi connectivity index (χ0) is 23.1. The number of benzene rings is 3. The third-order valence-corrected chi connectivity index (χ3v) is 10.1. The fourth-order valence-corrected chi connectivity index (χ4v) is 8.37. The second kappa shape index (κ2) is 6.03. The molecule has 4 atom stereocenters. The van der Waals surface area contributed by atoms with E-state index in [1.165, 1.54) is 40.1 Å². The summed E-state index contributed by atoms with van der Waals surface area (Å²) < 4.78 is 6.71. The first-order valence-corrected chi connectivity index (χ1v) is 13.1. The van der Waals surface area contributed by atoms with Crippen LogP contribution in [0.25, 0.3) is 21.7 Å². The summed E-state index contributed by atoms with van der Waals surface area (Å²) in [4.78, 5) is 6.37. The second-order valence-electron chi connectivity index (χ2n) is 11.7. The van der Waals surface area contributed by atoms with Gasteiger partial charge in [-0.2, -0.15) is 0 Å². The Bertz CT molecular complexity index is 1590. The van der Waals surface area contributed by atoms with E-state index in [0.717, 1.165) is 48.6 Å². The number of hydrogen-bond acceptors (Lipinski definition) is 4. The maximum atomic E-state index is 12.9. The summed E-state index contributed by atoms with van der Waals surface area (Å²) in [6.07, 6.45) is 4.57. The fourth-order valence-electron chi connectivity index (χ4n) is 8.37. The van der Waals surface area contributed by atoms with Crippen molar-refractivity contribution < 1.29 is 14.9 Å². The number of aromatic hydroxyl groups is 1. The highest BCUT2D eigenvalue weighted by Gasteiger charge is 2.72. The molecule has 1 saturated heterocycles. The fraction of sp³-hybridized carbons (Fsp3) is 0.400. The van der Waals surface area contributed by atoms with E-state index in [2.05, 4.69) is 52.3 Å². The van der Waals surface area contributed by atoms with Crippen molar-refractivity contribution in [2.24, 2.45) is 5.92 Å². The van der Waals surface area contributed by atoms with Crippen molar-refractivity contribution in [1.82, 2.24) is 9.88 Å². The largest absolute Gasteiger partial charge is 0.504 e. The quantitative estimate of drug-likeness (QED) is 0.401. The van der Waals surface area contributed by atoms with Gasteiger partial charge in [0.25, 0.3) is 0 Å². The number of nitrogens with one attached hydrogen (secondary N) is 1. The predicted molar refractivity (Wildman–Crippen MR) is 134 cm³/mol. The van der Waals surface area contributed by atoms with Crippen molar-refractivity contribution >= 4 is 21.7 Å². The van der Waals surface area contributed by atoms with Crippen LogP contribution < -0.4 is 4.74 Å². The standard InChI is InChI=1S/C30H28N2O3/c33-22-10-8-18-13-23-30(34)14-21-20-9-7-17-3-1-2-4-19(17)25(20)31-26(21)28-29(30,24(18)27(22)35-28)11-12-32(23)15-16-5-6-16/h1-4,7-10,16,23,28,31,33-34H,5-6,11-15H2/t23-,28-,29-,30+/m0/s1. The second-order valence-corrected chi connectivity index (χ2v) is 11.7. The van der Waals surface area contributed by atoms with Gasteiger partial charge in [-0.3, -0.25) is 4.90 Å². The Morgan fingerprint density at radius 3 is 2.83 bits per heavy atom. The molecule has 0 radical (unpaired) electrons. The number of aromatic amines is 1. The van der Waals surface area contributed by atoms with Gasteiger partial charge in [0.15, 0.2) is 17.6 Å². The van der Waals surface area contributed by atoms with Crippen LogP contribution >= 0.6 is 0 Å². The van der Waals surface area contributed by atoms with Crippen molar-refractivity contribution in [2.45, 2.75) is 55.3 Å². The molecule has 1 saturated carbocycles. The van der Waals surface area contributed by atoms with Gasteiger partial charge in [0, 0.05) is 35.3 Å². The molecule has 2 fully saturated rings. The number of piperidine rings is 1. The van der Waals surface area contributed by atoms with Gasteiger partial charge in [-0.1, -0.05) is 42.5 Å². The molecule has 35 heavy (non-hydrogen) atoms. The molecule has 2 aliphatic heterocycles. The summed E-state index contributed by atoms with van der Waals surface area (Å²) in [5.41, 5.74) is 4.22. The highest BCUT2D eigenvalue weighted by atomic mass is 16.5. The zero-order valence-corrected chi connectivity index (χ0v) is 19.6. The SMILES string of the molecule is Oc1ccc2c3c1O[C@H]1c4[nH]c5c(ccc6ccccc65)c4C[C@@]4(O)[C@H](C2)N(CC2CC2)CC[C@]314. The minimum Gasteiger partial charge on any atom is -0.504 e. The van der Waals surface area contributed by atoms with Crippen molar-refractivity contribution in [1.29, 1.82) is 0 Å². The van der Waals surface area contributed by atoms with Crippen LogP contribution in [0.2, 0.25) is 0 Å². The van der Waals surface area contributed by atoms with Crippen LogP contribution in [0.1, 0.15) is 47.8 Å². The number of nitrogens with zero attached hydrogens (tertiary/aromatic N) is 1. The summed E-state index contributed by atoms with van der Waals surface area (Å²) in [7, 11) is 0. The van der Waals surface area contributed by atoms with Gasteiger partial charge in [-0.05, 0) is 60.7 Å². The van der Waals surface area contributed by atoms with Crippen LogP contribution in [0, 0.1) is 5.92 Å². The van der Waals surface area contributed by atoms with Gasteiger partial charge < -0.3 is 19.9 Å². The van der Waals surface area contributed by atoms with Crippen LogP contribution in [-0.4, -0.2) is 44.8 Å². The number of aromatic nitrogens is 1. The van der Waals surface area contributed by atoms with Gasteiger partial charge in [0.2, 0.25) is 0 Å². The van der Waals surface area contributed by atoms with Gasteiger partial charge >= 0.3 is 0 Å². The van der Waals surface area contributed by atoms with Gasteiger partial charge in [0.1, 0.15) is 0 Å². The van der Waals surface area contributed by atoms with Gasteiger partial charge in [-0.25, -0.2) is 0 Å². The number of H-pyrrole nitrogens is 1. The lowest BCUT2D eigenvalue weighted by Gasteiger charge is -2.62. The Labute approximate surface area is 203 Å². The lowest BCUT2D eigenvalue weighted by molar-refractivity contribution is -0.173. The van der Waals surface area contributed by atoms with E-state index < -0.39 is 11.0 Å². The van der Waals surface area contributed by atoms with Crippen molar-refractivity contribution in [3.05, 3.63) is 70.9 Å². The first kappa shape index (κ1) is 19.2. The molecule has 5 heteroatoms. The number of phenols is 1.